The number of aromatic hydroxyl groups is 1. The first-order chi connectivity index (χ1) is 9.85. The number of phenolic OH excluding ortho intramolecular Hbond substituents is 1. The molecular weight excluding hydrogens is 306 g/mol. The van der Waals surface area contributed by atoms with Gasteiger partial charge in [-0.25, -0.2) is 0 Å². The summed E-state index contributed by atoms with van der Waals surface area (Å²) >= 11 is 6.13. The standard InChI is InChI=1S/C15H13NO3S2/c1-15(2)6-5-9-10(19-15)4-3-8(12(9)17)7-11-13(18)16-14(20)21-11/h3-7,17H,1-2H3,(H,16,18,20)/b11-7-. The van der Waals surface area contributed by atoms with E-state index in [4.69, 9.17) is 17.0 Å². The lowest BCUT2D eigenvalue weighted by Crippen LogP contribution is -2.27. The highest BCUT2D eigenvalue weighted by atomic mass is 32.2. The molecule has 0 aromatic heterocycles. The van der Waals surface area contributed by atoms with E-state index in [0.29, 0.717) is 26.1 Å². The molecule has 2 N–H and O–H groups in total. The number of thioether (sulfide) groups is 1. The van der Waals surface area contributed by atoms with Crippen molar-refractivity contribution in [3.63, 3.8) is 0 Å². The van der Waals surface area contributed by atoms with Gasteiger partial charge in [0.15, 0.2) is 0 Å². The molecule has 1 aromatic rings. The van der Waals surface area contributed by atoms with Crippen LogP contribution < -0.4 is 10.1 Å². The largest absolute Gasteiger partial charge is 0.507 e. The van der Waals surface area contributed by atoms with Gasteiger partial charge >= 0.3 is 0 Å². The van der Waals surface area contributed by atoms with Crippen LogP contribution in [0.3, 0.4) is 0 Å². The molecule has 0 radical (unpaired) electrons. The van der Waals surface area contributed by atoms with Crippen LogP contribution in [0.15, 0.2) is 23.1 Å². The van der Waals surface area contributed by atoms with E-state index < -0.39 is 5.60 Å². The zero-order chi connectivity index (χ0) is 15.2. The minimum atomic E-state index is -0.396. The Hall–Kier alpha value is -1.79. The van der Waals surface area contributed by atoms with Crippen molar-refractivity contribution in [2.24, 2.45) is 0 Å². The van der Waals surface area contributed by atoms with Gasteiger partial charge in [-0.3, -0.25) is 4.79 Å². The molecule has 1 amide bonds. The van der Waals surface area contributed by atoms with Gasteiger partial charge in [0.25, 0.3) is 5.91 Å². The maximum absolute atomic E-state index is 11.7. The monoisotopic (exact) mass is 319 g/mol. The number of nitrogens with one attached hydrogen (secondary N) is 1. The quantitative estimate of drug-likeness (QED) is 0.615. The van der Waals surface area contributed by atoms with E-state index >= 15 is 0 Å². The van der Waals surface area contributed by atoms with Crippen molar-refractivity contribution in [2.45, 2.75) is 19.4 Å². The molecule has 0 unspecified atom stereocenters. The zero-order valence-corrected chi connectivity index (χ0v) is 13.1. The molecule has 21 heavy (non-hydrogen) atoms. The van der Waals surface area contributed by atoms with Crippen LogP contribution in [-0.4, -0.2) is 20.9 Å². The average molecular weight is 319 g/mol. The predicted molar refractivity (Wildman–Crippen MR) is 88.2 cm³/mol. The first kappa shape index (κ1) is 14.2. The molecular formula is C15H13NO3S2. The Labute approximate surface area is 131 Å². The Kier molecular flexibility index (Phi) is 3.30. The average Bonchev–Trinajstić information content (AvgIpc) is 2.70. The molecule has 1 fully saturated rings. The molecule has 0 atom stereocenters. The number of hydrogen-bond acceptors (Lipinski definition) is 5. The number of carbonyl (C=O) groups is 1. The second-order valence-electron chi connectivity index (χ2n) is 5.31. The number of rotatable bonds is 1. The molecule has 6 heteroatoms. The normalized spacial score (nSPS) is 21.1. The van der Waals surface area contributed by atoms with Crippen LogP contribution in [0.4, 0.5) is 0 Å². The van der Waals surface area contributed by atoms with Gasteiger partial charge < -0.3 is 15.2 Å². The number of carbonyl (C=O) groups excluding carboxylic acids is 1. The lowest BCUT2D eigenvalue weighted by molar-refractivity contribution is -0.115. The number of thiocarbonyl (C=S) groups is 1. The molecule has 108 valence electrons. The summed E-state index contributed by atoms with van der Waals surface area (Å²) in [5.41, 5.74) is 0.783. The van der Waals surface area contributed by atoms with Crippen molar-refractivity contribution in [1.29, 1.82) is 0 Å². The van der Waals surface area contributed by atoms with E-state index in [1.807, 2.05) is 26.0 Å². The fraction of sp³-hybridized carbons (Fsp3) is 0.200. The highest BCUT2D eigenvalue weighted by Crippen LogP contribution is 2.39. The first-order valence-corrected chi connectivity index (χ1v) is 7.57. The molecule has 1 aromatic carbocycles. The highest BCUT2D eigenvalue weighted by Gasteiger charge is 2.26. The number of phenols is 1. The molecule has 0 spiro atoms. The Morgan fingerprint density at radius 1 is 1.43 bits per heavy atom. The molecule has 2 heterocycles. The Balaban J connectivity index is 2.02. The van der Waals surface area contributed by atoms with Crippen LogP contribution in [0.1, 0.15) is 25.0 Å². The minimum Gasteiger partial charge on any atom is -0.507 e. The van der Waals surface area contributed by atoms with Crippen molar-refractivity contribution in [3.05, 3.63) is 34.2 Å². The maximum atomic E-state index is 11.7. The van der Waals surface area contributed by atoms with Crippen LogP contribution in [0, 0.1) is 0 Å². The predicted octanol–water partition coefficient (Wildman–Crippen LogP) is 3.07. The second-order valence-corrected chi connectivity index (χ2v) is 7.03. The maximum Gasteiger partial charge on any atom is 0.263 e. The van der Waals surface area contributed by atoms with Gasteiger partial charge in [0.1, 0.15) is 21.4 Å². The van der Waals surface area contributed by atoms with Crippen LogP contribution in [-0.2, 0) is 4.79 Å². The Bertz CT molecular complexity index is 720. The summed E-state index contributed by atoms with van der Waals surface area (Å²) in [7, 11) is 0. The van der Waals surface area contributed by atoms with Gasteiger partial charge in [-0.15, -0.1) is 0 Å². The van der Waals surface area contributed by atoms with Crippen molar-refractivity contribution >= 4 is 46.4 Å². The summed E-state index contributed by atoms with van der Waals surface area (Å²) < 4.78 is 6.22. The molecule has 0 saturated carbocycles. The first-order valence-electron chi connectivity index (χ1n) is 6.35. The van der Waals surface area contributed by atoms with Gasteiger partial charge in [-0.05, 0) is 44.2 Å². The van der Waals surface area contributed by atoms with Gasteiger partial charge in [-0.1, -0.05) is 24.0 Å². The van der Waals surface area contributed by atoms with Gasteiger partial charge in [-0.2, -0.15) is 0 Å². The topological polar surface area (TPSA) is 58.6 Å². The Morgan fingerprint density at radius 2 is 2.19 bits per heavy atom. The van der Waals surface area contributed by atoms with E-state index in [1.165, 1.54) is 11.8 Å². The van der Waals surface area contributed by atoms with E-state index in [9.17, 15) is 9.90 Å². The third kappa shape index (κ3) is 2.69. The molecule has 0 aliphatic carbocycles. The zero-order valence-electron chi connectivity index (χ0n) is 11.5. The number of fused-ring (bicyclic) bond motifs is 1. The fourth-order valence-corrected chi connectivity index (χ4v) is 3.17. The van der Waals surface area contributed by atoms with Crippen molar-refractivity contribution in [1.82, 2.24) is 5.32 Å². The SMILES string of the molecule is CC1(C)C=Cc2c(ccc(/C=C3\SC(=S)NC3=O)c2O)O1. The molecule has 2 aliphatic heterocycles. The van der Waals surface area contributed by atoms with Crippen LogP contribution in [0.25, 0.3) is 12.2 Å². The van der Waals surface area contributed by atoms with Crippen LogP contribution in [0.2, 0.25) is 0 Å². The molecule has 3 rings (SSSR count). The van der Waals surface area contributed by atoms with Crippen molar-refractivity contribution < 1.29 is 14.6 Å². The number of hydrogen-bond donors (Lipinski definition) is 2. The van der Waals surface area contributed by atoms with Gasteiger partial charge in [0.2, 0.25) is 0 Å². The summed E-state index contributed by atoms with van der Waals surface area (Å²) in [6.07, 6.45) is 5.35. The summed E-state index contributed by atoms with van der Waals surface area (Å²) in [5.74, 6) is 0.481. The molecule has 4 nitrogen and oxygen atoms in total. The third-order valence-corrected chi connectivity index (χ3v) is 4.32. The summed E-state index contributed by atoms with van der Waals surface area (Å²) in [6, 6.07) is 3.52. The lowest BCUT2D eigenvalue weighted by atomic mass is 9.99. The van der Waals surface area contributed by atoms with Gasteiger partial charge in [0.05, 0.1) is 10.5 Å². The van der Waals surface area contributed by atoms with Crippen molar-refractivity contribution in [3.8, 4) is 11.5 Å². The second kappa shape index (κ2) is 4.89. The Morgan fingerprint density at radius 3 is 2.86 bits per heavy atom. The summed E-state index contributed by atoms with van der Waals surface area (Å²) in [5, 5.41) is 12.9. The fourth-order valence-electron chi connectivity index (χ4n) is 2.14. The van der Waals surface area contributed by atoms with Gasteiger partial charge in [0, 0.05) is 5.56 Å². The van der Waals surface area contributed by atoms with Crippen LogP contribution >= 0.6 is 24.0 Å². The molecule has 2 aliphatic rings. The number of ether oxygens (including phenoxy) is 1. The number of benzene rings is 1. The smallest absolute Gasteiger partial charge is 0.263 e. The van der Waals surface area contributed by atoms with E-state index in [-0.39, 0.29) is 11.7 Å². The summed E-state index contributed by atoms with van der Waals surface area (Å²) in [4.78, 5) is 12.1. The third-order valence-electron chi connectivity index (χ3n) is 3.16. The highest BCUT2D eigenvalue weighted by molar-refractivity contribution is 8.26. The lowest BCUT2D eigenvalue weighted by Gasteiger charge is -2.28. The minimum absolute atomic E-state index is 0.0953. The van der Waals surface area contributed by atoms with E-state index in [0.717, 1.165) is 0 Å². The van der Waals surface area contributed by atoms with Crippen LogP contribution in [0.5, 0.6) is 11.5 Å². The van der Waals surface area contributed by atoms with Crippen molar-refractivity contribution in [2.75, 3.05) is 0 Å². The summed E-state index contributed by atoms with van der Waals surface area (Å²) in [6.45, 7) is 3.89. The molecule has 0 bridgehead atoms. The van der Waals surface area contributed by atoms with E-state index in [2.05, 4.69) is 5.32 Å². The molecule has 1 saturated heterocycles. The van der Waals surface area contributed by atoms with E-state index in [1.54, 1.807) is 18.2 Å². The number of amides is 1.